The Labute approximate surface area is 162 Å². The molecule has 1 saturated heterocycles. The third kappa shape index (κ3) is 5.81. The SMILES string of the molecule is O=C(CSCc1ccc(Cl)cc1)N/N=C\c1ccc(N2CCCCC2)o1. The van der Waals surface area contributed by atoms with Crippen molar-refractivity contribution in [1.82, 2.24) is 5.43 Å². The van der Waals surface area contributed by atoms with E-state index in [1.807, 2.05) is 36.4 Å². The van der Waals surface area contributed by atoms with Gasteiger partial charge in [0, 0.05) is 29.9 Å². The molecule has 0 atom stereocenters. The molecule has 1 aliphatic heterocycles. The number of thioether (sulfide) groups is 1. The molecule has 1 amide bonds. The van der Waals surface area contributed by atoms with Gasteiger partial charge in [0.25, 0.3) is 0 Å². The van der Waals surface area contributed by atoms with E-state index in [1.165, 1.54) is 37.2 Å². The zero-order chi connectivity index (χ0) is 18.2. The minimum Gasteiger partial charge on any atom is -0.440 e. The summed E-state index contributed by atoms with van der Waals surface area (Å²) in [7, 11) is 0. The van der Waals surface area contributed by atoms with E-state index in [4.69, 9.17) is 16.0 Å². The lowest BCUT2D eigenvalue weighted by Crippen LogP contribution is -2.28. The highest BCUT2D eigenvalue weighted by Crippen LogP contribution is 2.21. The average molecular weight is 392 g/mol. The van der Waals surface area contributed by atoms with Gasteiger partial charge in [-0.2, -0.15) is 5.10 Å². The van der Waals surface area contributed by atoms with Crippen molar-refractivity contribution >= 4 is 41.4 Å². The van der Waals surface area contributed by atoms with Gasteiger partial charge < -0.3 is 9.32 Å². The standard InChI is InChI=1S/C19H22ClN3O2S/c20-16-6-4-15(5-7-16)13-26-14-18(24)22-21-12-17-8-9-19(25-17)23-10-2-1-3-11-23/h4-9,12H,1-3,10-11,13-14H2,(H,22,24)/b21-12-. The average Bonchev–Trinajstić information content (AvgIpc) is 3.13. The number of amides is 1. The van der Waals surface area contributed by atoms with Crippen molar-refractivity contribution in [2.24, 2.45) is 5.10 Å². The van der Waals surface area contributed by atoms with Crippen LogP contribution < -0.4 is 10.3 Å². The Hall–Kier alpha value is -1.92. The quantitative estimate of drug-likeness (QED) is 0.564. The number of piperidine rings is 1. The zero-order valence-electron chi connectivity index (χ0n) is 14.5. The molecule has 0 saturated carbocycles. The summed E-state index contributed by atoms with van der Waals surface area (Å²) >= 11 is 7.38. The lowest BCUT2D eigenvalue weighted by atomic mass is 10.1. The number of hydrogen-bond donors (Lipinski definition) is 1. The van der Waals surface area contributed by atoms with Crippen LogP contribution >= 0.6 is 23.4 Å². The Morgan fingerprint density at radius 1 is 1.19 bits per heavy atom. The molecule has 1 N–H and O–H groups in total. The van der Waals surface area contributed by atoms with Crippen molar-refractivity contribution in [3.05, 3.63) is 52.7 Å². The third-order valence-corrected chi connectivity index (χ3v) is 5.33. The van der Waals surface area contributed by atoms with E-state index in [-0.39, 0.29) is 5.91 Å². The van der Waals surface area contributed by atoms with Crippen molar-refractivity contribution in [3.63, 3.8) is 0 Å². The number of furan rings is 1. The molecule has 0 unspecified atom stereocenters. The number of hydrazone groups is 1. The lowest BCUT2D eigenvalue weighted by molar-refractivity contribution is -0.118. The normalized spacial score (nSPS) is 14.7. The molecule has 5 nitrogen and oxygen atoms in total. The molecule has 0 aliphatic carbocycles. The summed E-state index contributed by atoms with van der Waals surface area (Å²) in [6.45, 7) is 2.07. The molecule has 26 heavy (non-hydrogen) atoms. The monoisotopic (exact) mass is 391 g/mol. The summed E-state index contributed by atoms with van der Waals surface area (Å²) in [5.74, 6) is 2.47. The number of carbonyl (C=O) groups is 1. The summed E-state index contributed by atoms with van der Waals surface area (Å²) in [6.07, 6.45) is 5.23. The zero-order valence-corrected chi connectivity index (χ0v) is 16.1. The Morgan fingerprint density at radius 2 is 1.96 bits per heavy atom. The molecule has 1 fully saturated rings. The maximum absolute atomic E-state index is 11.8. The summed E-state index contributed by atoms with van der Waals surface area (Å²) in [5, 5.41) is 4.68. The largest absolute Gasteiger partial charge is 0.440 e. The number of rotatable bonds is 7. The van der Waals surface area contributed by atoms with Crippen molar-refractivity contribution < 1.29 is 9.21 Å². The number of nitrogens with one attached hydrogen (secondary N) is 1. The van der Waals surface area contributed by atoms with E-state index in [9.17, 15) is 4.79 Å². The van der Waals surface area contributed by atoms with Gasteiger partial charge in [-0.05, 0) is 43.0 Å². The van der Waals surface area contributed by atoms with Crippen LogP contribution in [0.2, 0.25) is 5.02 Å². The second-order valence-corrected chi connectivity index (χ2v) is 7.56. The van der Waals surface area contributed by atoms with Gasteiger partial charge in [0.15, 0.2) is 5.88 Å². The number of halogens is 1. The smallest absolute Gasteiger partial charge is 0.250 e. The van der Waals surface area contributed by atoms with E-state index < -0.39 is 0 Å². The molecule has 0 radical (unpaired) electrons. The Morgan fingerprint density at radius 3 is 2.73 bits per heavy atom. The van der Waals surface area contributed by atoms with Crippen LogP contribution in [0.25, 0.3) is 0 Å². The predicted octanol–water partition coefficient (Wildman–Crippen LogP) is 4.31. The molecule has 2 heterocycles. The molecule has 1 aliphatic rings. The van der Waals surface area contributed by atoms with Crippen molar-refractivity contribution in [2.45, 2.75) is 25.0 Å². The minimum atomic E-state index is -0.136. The van der Waals surface area contributed by atoms with Crippen LogP contribution in [-0.2, 0) is 10.5 Å². The minimum absolute atomic E-state index is 0.136. The number of carbonyl (C=O) groups excluding carboxylic acids is 1. The molecular weight excluding hydrogens is 370 g/mol. The van der Waals surface area contributed by atoms with Gasteiger partial charge in [0.05, 0.1) is 12.0 Å². The van der Waals surface area contributed by atoms with Crippen LogP contribution in [0.1, 0.15) is 30.6 Å². The van der Waals surface area contributed by atoms with Gasteiger partial charge in [-0.25, -0.2) is 5.43 Å². The van der Waals surface area contributed by atoms with Crippen LogP contribution in [-0.4, -0.2) is 31.0 Å². The van der Waals surface area contributed by atoms with Gasteiger partial charge in [0.2, 0.25) is 5.91 Å². The highest BCUT2D eigenvalue weighted by Gasteiger charge is 2.13. The van der Waals surface area contributed by atoms with Crippen LogP contribution in [0.4, 0.5) is 5.88 Å². The molecule has 2 aromatic rings. The maximum atomic E-state index is 11.8. The molecule has 7 heteroatoms. The summed E-state index contributed by atoms with van der Waals surface area (Å²) in [4.78, 5) is 14.1. The maximum Gasteiger partial charge on any atom is 0.250 e. The first-order chi connectivity index (χ1) is 12.7. The van der Waals surface area contributed by atoms with Gasteiger partial charge in [-0.3, -0.25) is 4.79 Å². The fourth-order valence-electron chi connectivity index (χ4n) is 2.74. The molecule has 0 bridgehead atoms. The van der Waals surface area contributed by atoms with Crippen LogP contribution in [0.15, 0.2) is 45.9 Å². The predicted molar refractivity (Wildman–Crippen MR) is 108 cm³/mol. The van der Waals surface area contributed by atoms with Gasteiger partial charge in [0.1, 0.15) is 5.76 Å². The fraction of sp³-hybridized carbons (Fsp3) is 0.368. The topological polar surface area (TPSA) is 57.8 Å². The van der Waals surface area contributed by atoms with Crippen LogP contribution in [0.3, 0.4) is 0 Å². The van der Waals surface area contributed by atoms with E-state index in [2.05, 4.69) is 15.4 Å². The molecular formula is C19H22ClN3O2S. The first-order valence-electron chi connectivity index (χ1n) is 8.69. The first-order valence-corrected chi connectivity index (χ1v) is 10.2. The van der Waals surface area contributed by atoms with E-state index >= 15 is 0 Å². The van der Waals surface area contributed by atoms with Gasteiger partial charge in [-0.1, -0.05) is 23.7 Å². The summed E-state index contributed by atoms with van der Waals surface area (Å²) in [5.41, 5.74) is 3.67. The fourth-order valence-corrected chi connectivity index (χ4v) is 3.64. The number of anilines is 1. The van der Waals surface area contributed by atoms with Crippen LogP contribution in [0, 0.1) is 0 Å². The van der Waals surface area contributed by atoms with Crippen molar-refractivity contribution in [1.29, 1.82) is 0 Å². The Balaban J connectivity index is 1.38. The van der Waals surface area contributed by atoms with Gasteiger partial charge >= 0.3 is 0 Å². The molecule has 1 aromatic carbocycles. The third-order valence-electron chi connectivity index (χ3n) is 4.08. The first kappa shape index (κ1) is 18.9. The molecule has 3 rings (SSSR count). The Bertz CT molecular complexity index is 739. The van der Waals surface area contributed by atoms with Crippen molar-refractivity contribution in [2.75, 3.05) is 23.7 Å². The number of benzene rings is 1. The van der Waals surface area contributed by atoms with Gasteiger partial charge in [-0.15, -0.1) is 11.8 Å². The molecule has 1 aromatic heterocycles. The second-order valence-electron chi connectivity index (χ2n) is 6.14. The number of hydrogen-bond acceptors (Lipinski definition) is 5. The number of nitrogens with zero attached hydrogens (tertiary/aromatic N) is 2. The van der Waals surface area contributed by atoms with E-state index in [0.717, 1.165) is 30.3 Å². The second kappa shape index (κ2) is 9.69. The van der Waals surface area contributed by atoms with Crippen LogP contribution in [0.5, 0.6) is 0 Å². The highest BCUT2D eigenvalue weighted by atomic mass is 35.5. The van der Waals surface area contributed by atoms with E-state index in [0.29, 0.717) is 16.5 Å². The lowest BCUT2D eigenvalue weighted by Gasteiger charge is -2.25. The summed E-state index contributed by atoms with van der Waals surface area (Å²) in [6, 6.07) is 11.4. The van der Waals surface area contributed by atoms with E-state index in [1.54, 1.807) is 0 Å². The summed E-state index contributed by atoms with van der Waals surface area (Å²) < 4.78 is 5.76. The van der Waals surface area contributed by atoms with Crippen molar-refractivity contribution in [3.8, 4) is 0 Å². The molecule has 138 valence electrons. The highest BCUT2D eigenvalue weighted by molar-refractivity contribution is 7.99. The molecule has 0 spiro atoms. The Kier molecular flexibility index (Phi) is 7.03.